The molecular formula is C22H22F3NO. The Morgan fingerprint density at radius 3 is 2.30 bits per heavy atom. The fourth-order valence-electron chi connectivity index (χ4n) is 3.34. The number of halogens is 3. The first-order valence-electron chi connectivity index (χ1n) is 8.81. The normalized spacial score (nSPS) is 13.1. The van der Waals surface area contributed by atoms with Gasteiger partial charge >= 0.3 is 6.18 Å². The molecule has 3 aromatic rings. The first kappa shape index (κ1) is 19.2. The molecule has 0 fully saturated rings. The van der Waals surface area contributed by atoms with Crippen LogP contribution in [0.15, 0.2) is 66.7 Å². The number of benzene rings is 3. The highest BCUT2D eigenvalue weighted by Gasteiger charge is 2.35. The lowest BCUT2D eigenvalue weighted by Gasteiger charge is -2.27. The Morgan fingerprint density at radius 1 is 0.889 bits per heavy atom. The number of rotatable bonds is 6. The molecule has 2 nitrogen and oxygen atoms in total. The average molecular weight is 373 g/mol. The Morgan fingerprint density at radius 2 is 1.56 bits per heavy atom. The van der Waals surface area contributed by atoms with E-state index in [1.807, 2.05) is 42.5 Å². The van der Waals surface area contributed by atoms with Gasteiger partial charge < -0.3 is 9.64 Å². The molecule has 0 saturated carbocycles. The van der Waals surface area contributed by atoms with Gasteiger partial charge in [-0.2, -0.15) is 13.2 Å². The van der Waals surface area contributed by atoms with Crippen LogP contribution in [-0.4, -0.2) is 25.6 Å². The summed E-state index contributed by atoms with van der Waals surface area (Å²) in [5.74, 6) is 0.745. The van der Waals surface area contributed by atoms with Gasteiger partial charge in [0, 0.05) is 17.8 Å². The van der Waals surface area contributed by atoms with Gasteiger partial charge in [0.25, 0.3) is 0 Å². The molecule has 3 rings (SSSR count). The molecule has 0 N–H and O–H groups in total. The van der Waals surface area contributed by atoms with Gasteiger partial charge in [0.1, 0.15) is 5.75 Å². The number of ether oxygens (including phenoxy) is 1. The van der Waals surface area contributed by atoms with E-state index < -0.39 is 17.8 Å². The summed E-state index contributed by atoms with van der Waals surface area (Å²) in [5, 5.41) is 2.07. The van der Waals surface area contributed by atoms with E-state index in [9.17, 15) is 13.2 Å². The minimum absolute atomic E-state index is 0.275. The number of alkyl halides is 3. The quantitative estimate of drug-likeness (QED) is 0.531. The molecule has 0 aliphatic carbocycles. The van der Waals surface area contributed by atoms with E-state index in [2.05, 4.69) is 0 Å². The SMILES string of the molecule is CN(C)C(CCOc1cccc2ccccc12)c1ccccc1C(F)(F)F. The topological polar surface area (TPSA) is 12.5 Å². The number of hydrogen-bond acceptors (Lipinski definition) is 2. The van der Waals surface area contributed by atoms with Crippen LogP contribution in [0.5, 0.6) is 5.75 Å². The highest BCUT2D eigenvalue weighted by Crippen LogP contribution is 2.37. The molecule has 3 aromatic carbocycles. The van der Waals surface area contributed by atoms with Gasteiger partial charge in [-0.25, -0.2) is 0 Å². The van der Waals surface area contributed by atoms with Gasteiger partial charge in [0.15, 0.2) is 0 Å². The van der Waals surface area contributed by atoms with Crippen LogP contribution in [0.3, 0.4) is 0 Å². The van der Waals surface area contributed by atoms with Gasteiger partial charge in [-0.1, -0.05) is 54.6 Å². The number of hydrogen-bond donors (Lipinski definition) is 0. The van der Waals surface area contributed by atoms with Crippen LogP contribution in [0.2, 0.25) is 0 Å². The van der Waals surface area contributed by atoms with E-state index in [-0.39, 0.29) is 5.56 Å². The molecule has 1 atom stereocenters. The van der Waals surface area contributed by atoms with Gasteiger partial charge in [-0.15, -0.1) is 0 Å². The van der Waals surface area contributed by atoms with Crippen LogP contribution in [0.4, 0.5) is 13.2 Å². The fourth-order valence-corrected chi connectivity index (χ4v) is 3.34. The summed E-state index contributed by atoms with van der Waals surface area (Å²) in [6, 6.07) is 19.1. The molecule has 1 unspecified atom stereocenters. The zero-order chi connectivity index (χ0) is 19.4. The summed E-state index contributed by atoms with van der Waals surface area (Å²) in [6.07, 6.45) is -3.93. The molecule has 0 aromatic heterocycles. The summed E-state index contributed by atoms with van der Waals surface area (Å²) in [4.78, 5) is 1.80. The first-order valence-corrected chi connectivity index (χ1v) is 8.81. The molecule has 0 aliphatic heterocycles. The van der Waals surface area contributed by atoms with Crippen LogP contribution in [0.25, 0.3) is 10.8 Å². The largest absolute Gasteiger partial charge is 0.493 e. The van der Waals surface area contributed by atoms with E-state index in [0.717, 1.165) is 22.6 Å². The van der Waals surface area contributed by atoms with Crippen molar-refractivity contribution in [3.05, 3.63) is 77.9 Å². The molecule has 27 heavy (non-hydrogen) atoms. The summed E-state index contributed by atoms with van der Waals surface area (Å²) >= 11 is 0. The Balaban J connectivity index is 1.79. The van der Waals surface area contributed by atoms with Crippen molar-refractivity contribution >= 4 is 10.8 Å². The van der Waals surface area contributed by atoms with Crippen LogP contribution in [0.1, 0.15) is 23.6 Å². The maximum atomic E-state index is 13.4. The number of fused-ring (bicyclic) bond motifs is 1. The Hall–Kier alpha value is -2.53. The maximum Gasteiger partial charge on any atom is 0.416 e. The van der Waals surface area contributed by atoms with E-state index in [0.29, 0.717) is 13.0 Å². The van der Waals surface area contributed by atoms with Gasteiger partial charge in [-0.05, 0) is 37.2 Å². The minimum Gasteiger partial charge on any atom is -0.493 e. The van der Waals surface area contributed by atoms with Gasteiger partial charge in [0.2, 0.25) is 0 Å². The second-order valence-electron chi connectivity index (χ2n) is 6.68. The van der Waals surface area contributed by atoms with Crippen molar-refractivity contribution in [1.29, 1.82) is 0 Å². The second-order valence-corrected chi connectivity index (χ2v) is 6.68. The molecular weight excluding hydrogens is 351 g/mol. The summed E-state index contributed by atoms with van der Waals surface area (Å²) in [6.45, 7) is 0.322. The highest BCUT2D eigenvalue weighted by atomic mass is 19.4. The zero-order valence-corrected chi connectivity index (χ0v) is 15.3. The standard InChI is InChI=1S/C22H22F3NO/c1-26(2)20(18-11-5-6-12-19(18)22(23,24)25)14-15-27-21-13-7-9-16-8-3-4-10-17(16)21/h3-13,20H,14-15H2,1-2H3. The summed E-state index contributed by atoms with van der Waals surface area (Å²) in [7, 11) is 3.57. The molecule has 0 spiro atoms. The van der Waals surface area contributed by atoms with Crippen molar-refractivity contribution in [2.45, 2.75) is 18.6 Å². The van der Waals surface area contributed by atoms with E-state index in [1.165, 1.54) is 6.07 Å². The lowest BCUT2D eigenvalue weighted by Crippen LogP contribution is -2.25. The molecule has 142 valence electrons. The van der Waals surface area contributed by atoms with E-state index >= 15 is 0 Å². The van der Waals surface area contributed by atoms with Crippen molar-refractivity contribution in [3.63, 3.8) is 0 Å². The van der Waals surface area contributed by atoms with Crippen LogP contribution in [0, 0.1) is 0 Å². The third-order valence-corrected chi connectivity index (χ3v) is 4.65. The third-order valence-electron chi connectivity index (χ3n) is 4.65. The predicted octanol–water partition coefficient (Wildman–Crippen LogP) is 5.93. The van der Waals surface area contributed by atoms with Crippen molar-refractivity contribution < 1.29 is 17.9 Å². The van der Waals surface area contributed by atoms with Gasteiger partial charge in [0.05, 0.1) is 12.2 Å². The molecule has 0 radical (unpaired) electrons. The molecule has 0 amide bonds. The second kappa shape index (κ2) is 8.01. The minimum atomic E-state index is -4.37. The van der Waals surface area contributed by atoms with Crippen molar-refractivity contribution in [3.8, 4) is 5.75 Å². The molecule has 5 heteroatoms. The maximum absolute atomic E-state index is 13.4. The fraction of sp³-hybridized carbons (Fsp3) is 0.273. The van der Waals surface area contributed by atoms with E-state index in [4.69, 9.17) is 4.74 Å². The molecule has 0 bridgehead atoms. The predicted molar refractivity (Wildman–Crippen MR) is 102 cm³/mol. The smallest absolute Gasteiger partial charge is 0.416 e. The summed E-state index contributed by atoms with van der Waals surface area (Å²) in [5.41, 5.74) is -0.314. The summed E-state index contributed by atoms with van der Waals surface area (Å²) < 4.78 is 46.1. The number of nitrogens with zero attached hydrogens (tertiary/aromatic N) is 1. The van der Waals surface area contributed by atoms with Crippen molar-refractivity contribution in [1.82, 2.24) is 4.90 Å². The van der Waals surface area contributed by atoms with Crippen molar-refractivity contribution in [2.24, 2.45) is 0 Å². The first-order chi connectivity index (χ1) is 12.9. The van der Waals surface area contributed by atoms with E-state index in [1.54, 1.807) is 31.1 Å². The lowest BCUT2D eigenvalue weighted by molar-refractivity contribution is -0.138. The van der Waals surface area contributed by atoms with Crippen LogP contribution in [-0.2, 0) is 6.18 Å². The Labute approximate surface area is 157 Å². The molecule has 0 heterocycles. The van der Waals surface area contributed by atoms with Crippen molar-refractivity contribution in [2.75, 3.05) is 20.7 Å². The lowest BCUT2D eigenvalue weighted by atomic mass is 9.97. The zero-order valence-electron chi connectivity index (χ0n) is 15.3. The Kier molecular flexibility index (Phi) is 5.71. The average Bonchev–Trinajstić information content (AvgIpc) is 2.64. The highest BCUT2D eigenvalue weighted by molar-refractivity contribution is 5.88. The monoisotopic (exact) mass is 373 g/mol. The third kappa shape index (κ3) is 4.42. The van der Waals surface area contributed by atoms with Crippen LogP contribution >= 0.6 is 0 Å². The van der Waals surface area contributed by atoms with Gasteiger partial charge in [-0.3, -0.25) is 0 Å². The molecule has 0 saturated heterocycles. The molecule has 0 aliphatic rings. The van der Waals surface area contributed by atoms with Crippen LogP contribution < -0.4 is 4.74 Å². The Bertz CT molecular complexity index is 900.